The van der Waals surface area contributed by atoms with Gasteiger partial charge < -0.3 is 0 Å². The Hall–Kier alpha value is -5.25. The van der Waals surface area contributed by atoms with Crippen LogP contribution in [0.25, 0.3) is 58.1 Å². The molecule has 208 valence electrons. The average Bonchev–Trinajstić information content (AvgIpc) is 3.47. The number of hydrogen-bond donors (Lipinski definition) is 0. The first kappa shape index (κ1) is 25.3. The quantitative estimate of drug-likeness (QED) is 0.193. The van der Waals surface area contributed by atoms with Crippen molar-refractivity contribution >= 4 is 80.9 Å². The summed E-state index contributed by atoms with van der Waals surface area (Å²) in [4.78, 5) is 7.45. The van der Waals surface area contributed by atoms with Crippen LogP contribution >= 0.6 is 11.3 Å². The highest BCUT2D eigenvalue weighted by Gasteiger charge is 2.21. The minimum atomic E-state index is 0.936. The molecule has 0 spiro atoms. The SMILES string of the molecule is C1=C(c2ccccc2)CCC(N(c2ccc3c(ccc4ccc5ccccc5c43)c2)c2cc3c(cn2)sc2ccccc23)=C1. The molecular formula is C41H28N2S. The molecule has 2 heterocycles. The first-order valence-electron chi connectivity index (χ1n) is 15.2. The van der Waals surface area contributed by atoms with E-state index in [1.165, 1.54) is 69.3 Å². The molecular weight excluding hydrogens is 553 g/mol. The lowest BCUT2D eigenvalue weighted by Gasteiger charge is -2.29. The van der Waals surface area contributed by atoms with Crippen molar-refractivity contribution in [2.24, 2.45) is 0 Å². The van der Waals surface area contributed by atoms with Gasteiger partial charge in [-0.05, 0) is 86.6 Å². The summed E-state index contributed by atoms with van der Waals surface area (Å²) in [5, 5.41) is 10.2. The van der Waals surface area contributed by atoms with Gasteiger partial charge >= 0.3 is 0 Å². The Morgan fingerprint density at radius 2 is 1.30 bits per heavy atom. The van der Waals surface area contributed by atoms with Crippen LogP contribution in [0, 0.1) is 0 Å². The number of hydrogen-bond acceptors (Lipinski definition) is 3. The van der Waals surface area contributed by atoms with E-state index in [9.17, 15) is 0 Å². The molecule has 2 nitrogen and oxygen atoms in total. The Labute approximate surface area is 259 Å². The van der Waals surface area contributed by atoms with E-state index >= 15 is 0 Å². The van der Waals surface area contributed by atoms with Crippen molar-refractivity contribution in [2.75, 3.05) is 4.90 Å². The first-order chi connectivity index (χ1) is 21.8. The molecule has 0 fully saturated rings. The molecule has 44 heavy (non-hydrogen) atoms. The lowest BCUT2D eigenvalue weighted by atomic mass is 9.94. The highest BCUT2D eigenvalue weighted by molar-refractivity contribution is 7.25. The maximum Gasteiger partial charge on any atom is 0.137 e. The number of benzene rings is 6. The fourth-order valence-corrected chi connectivity index (χ4v) is 7.91. The Bertz CT molecular complexity index is 2450. The largest absolute Gasteiger partial charge is 0.299 e. The second-order valence-corrected chi connectivity index (χ2v) is 12.6. The second kappa shape index (κ2) is 10.2. The Balaban J connectivity index is 1.24. The molecule has 0 radical (unpaired) electrons. The third-order valence-electron chi connectivity index (χ3n) is 9.00. The molecule has 0 saturated heterocycles. The third-order valence-corrected chi connectivity index (χ3v) is 10.1. The van der Waals surface area contributed by atoms with Crippen molar-refractivity contribution in [3.05, 3.63) is 157 Å². The molecule has 0 N–H and O–H groups in total. The van der Waals surface area contributed by atoms with E-state index in [1.54, 1.807) is 0 Å². The van der Waals surface area contributed by atoms with Gasteiger partial charge in [-0.15, -0.1) is 11.3 Å². The van der Waals surface area contributed by atoms with Gasteiger partial charge in [0.15, 0.2) is 0 Å². The van der Waals surface area contributed by atoms with Crippen LogP contribution in [-0.2, 0) is 0 Å². The smallest absolute Gasteiger partial charge is 0.137 e. The lowest BCUT2D eigenvalue weighted by Crippen LogP contribution is -2.19. The van der Waals surface area contributed by atoms with Crippen LogP contribution in [0.3, 0.4) is 0 Å². The number of allylic oxidation sites excluding steroid dienone is 4. The standard InChI is InChI=1S/C41H28N2S/c1-2-8-27(9-3-1)28-18-20-32(21-19-28)43(40-25-37-36-12-6-7-13-38(36)44-39(37)26-42-40)33-22-23-35-31(24-33)17-16-30-15-14-29-10-4-5-11-34(29)41(30)35/h1-18,20,22-26H,19,21H2. The summed E-state index contributed by atoms with van der Waals surface area (Å²) in [5.74, 6) is 0.953. The average molecular weight is 581 g/mol. The molecule has 3 heteroatoms. The van der Waals surface area contributed by atoms with Gasteiger partial charge in [-0.3, -0.25) is 4.90 Å². The zero-order valence-corrected chi connectivity index (χ0v) is 24.9. The zero-order chi connectivity index (χ0) is 29.0. The summed E-state index contributed by atoms with van der Waals surface area (Å²) >= 11 is 1.81. The number of fused-ring (bicyclic) bond motifs is 8. The van der Waals surface area contributed by atoms with Crippen molar-refractivity contribution in [1.82, 2.24) is 4.98 Å². The van der Waals surface area contributed by atoms with E-state index < -0.39 is 0 Å². The van der Waals surface area contributed by atoms with Gasteiger partial charge in [0.05, 0.1) is 4.70 Å². The van der Waals surface area contributed by atoms with Gasteiger partial charge in [-0.25, -0.2) is 4.98 Å². The summed E-state index contributed by atoms with van der Waals surface area (Å²) in [6.45, 7) is 0. The van der Waals surface area contributed by atoms with Gasteiger partial charge in [0.25, 0.3) is 0 Å². The van der Waals surface area contributed by atoms with E-state index in [1.807, 2.05) is 11.3 Å². The topological polar surface area (TPSA) is 16.1 Å². The van der Waals surface area contributed by atoms with Crippen molar-refractivity contribution in [3.63, 3.8) is 0 Å². The van der Waals surface area contributed by atoms with Crippen LogP contribution in [0.2, 0.25) is 0 Å². The number of pyridine rings is 1. The fraction of sp³-hybridized carbons (Fsp3) is 0.0488. The Kier molecular flexibility index (Phi) is 5.85. The Morgan fingerprint density at radius 1 is 0.545 bits per heavy atom. The van der Waals surface area contributed by atoms with Crippen molar-refractivity contribution in [1.29, 1.82) is 0 Å². The number of thiophene rings is 1. The molecule has 0 unspecified atom stereocenters. The van der Waals surface area contributed by atoms with Crippen LogP contribution < -0.4 is 4.90 Å². The van der Waals surface area contributed by atoms with Crippen LogP contribution in [0.5, 0.6) is 0 Å². The summed E-state index contributed by atoms with van der Waals surface area (Å²) in [6, 6.07) is 46.3. The van der Waals surface area contributed by atoms with E-state index in [2.05, 4.69) is 151 Å². The number of aromatic nitrogens is 1. The van der Waals surface area contributed by atoms with E-state index in [-0.39, 0.29) is 0 Å². The highest BCUT2D eigenvalue weighted by atomic mass is 32.1. The third kappa shape index (κ3) is 4.12. The second-order valence-electron chi connectivity index (χ2n) is 11.5. The first-order valence-corrected chi connectivity index (χ1v) is 16.0. The minimum absolute atomic E-state index is 0.936. The molecule has 8 aromatic rings. The monoisotopic (exact) mass is 580 g/mol. The molecule has 0 aliphatic heterocycles. The molecule has 1 aliphatic rings. The van der Waals surface area contributed by atoms with Crippen LogP contribution in [0.4, 0.5) is 11.5 Å². The van der Waals surface area contributed by atoms with Crippen LogP contribution in [0.15, 0.2) is 151 Å². The summed E-state index contributed by atoms with van der Waals surface area (Å²) in [7, 11) is 0. The molecule has 0 amide bonds. The van der Waals surface area contributed by atoms with Gasteiger partial charge in [-0.1, -0.05) is 109 Å². The highest BCUT2D eigenvalue weighted by Crippen LogP contribution is 2.41. The summed E-state index contributed by atoms with van der Waals surface area (Å²) in [6.07, 6.45) is 8.56. The molecule has 0 bridgehead atoms. The molecule has 0 saturated carbocycles. The van der Waals surface area contributed by atoms with Crippen LogP contribution in [0.1, 0.15) is 18.4 Å². The maximum absolute atomic E-state index is 5.08. The number of nitrogens with zero attached hydrogens (tertiary/aromatic N) is 2. The predicted octanol–water partition coefficient (Wildman–Crippen LogP) is 11.8. The fourth-order valence-electron chi connectivity index (χ4n) is 6.86. The predicted molar refractivity (Wildman–Crippen MR) is 190 cm³/mol. The normalized spacial score (nSPS) is 13.5. The number of anilines is 2. The Morgan fingerprint density at radius 3 is 2.16 bits per heavy atom. The molecule has 9 rings (SSSR count). The summed E-state index contributed by atoms with van der Waals surface area (Å²) in [5.41, 5.74) is 5.05. The van der Waals surface area contributed by atoms with Crippen molar-refractivity contribution in [3.8, 4) is 0 Å². The molecule has 1 aliphatic carbocycles. The minimum Gasteiger partial charge on any atom is -0.299 e. The van der Waals surface area contributed by atoms with E-state index in [0.717, 1.165) is 24.3 Å². The van der Waals surface area contributed by atoms with E-state index in [0.29, 0.717) is 0 Å². The van der Waals surface area contributed by atoms with E-state index in [4.69, 9.17) is 4.98 Å². The van der Waals surface area contributed by atoms with Crippen molar-refractivity contribution < 1.29 is 0 Å². The van der Waals surface area contributed by atoms with Gasteiger partial charge in [0.2, 0.25) is 0 Å². The van der Waals surface area contributed by atoms with Gasteiger partial charge in [-0.2, -0.15) is 0 Å². The summed E-state index contributed by atoms with van der Waals surface area (Å²) < 4.78 is 2.51. The molecule has 0 atom stereocenters. The van der Waals surface area contributed by atoms with Crippen molar-refractivity contribution in [2.45, 2.75) is 12.8 Å². The van der Waals surface area contributed by atoms with Crippen LogP contribution in [-0.4, -0.2) is 4.98 Å². The number of rotatable bonds is 4. The molecule has 2 aromatic heterocycles. The lowest BCUT2D eigenvalue weighted by molar-refractivity contribution is 0.921. The maximum atomic E-state index is 5.08. The van der Waals surface area contributed by atoms with Gasteiger partial charge in [0, 0.05) is 33.1 Å². The zero-order valence-electron chi connectivity index (χ0n) is 24.1. The molecule has 6 aromatic carbocycles. The van der Waals surface area contributed by atoms with Gasteiger partial charge in [0.1, 0.15) is 5.82 Å².